The Hall–Kier alpha value is -2.52. The minimum Gasteiger partial charge on any atom is -0.358 e. The van der Waals surface area contributed by atoms with Crippen LogP contribution in [0.15, 0.2) is 6.07 Å². The molecule has 0 aliphatic carbocycles. The summed E-state index contributed by atoms with van der Waals surface area (Å²) in [6, 6.07) is 1.66. The molecule has 2 aliphatic heterocycles. The normalized spacial score (nSPS) is 19.8. The Kier molecular flexibility index (Phi) is 5.18. The Labute approximate surface area is 186 Å². The molecule has 5 heterocycles. The van der Waals surface area contributed by atoms with Crippen molar-refractivity contribution in [3.63, 3.8) is 0 Å². The lowest BCUT2D eigenvalue weighted by Crippen LogP contribution is -2.34. The van der Waals surface area contributed by atoms with Gasteiger partial charge in [-0.2, -0.15) is 5.10 Å². The second-order valence-electron chi connectivity index (χ2n) is 8.68. The van der Waals surface area contributed by atoms with Crippen molar-refractivity contribution in [1.29, 1.82) is 0 Å². The Morgan fingerprint density at radius 2 is 1.94 bits per heavy atom. The van der Waals surface area contributed by atoms with Gasteiger partial charge in [0, 0.05) is 24.5 Å². The molecular formula is C22H29N7OS. The number of nitrogens with one attached hydrogen (secondary N) is 1. The van der Waals surface area contributed by atoms with Gasteiger partial charge in [0.25, 0.3) is 5.91 Å². The predicted molar refractivity (Wildman–Crippen MR) is 124 cm³/mol. The zero-order valence-electron chi connectivity index (χ0n) is 18.6. The topological polar surface area (TPSA) is 79.2 Å². The van der Waals surface area contributed by atoms with Crippen molar-refractivity contribution in [2.75, 3.05) is 29.9 Å². The van der Waals surface area contributed by atoms with E-state index in [-0.39, 0.29) is 11.9 Å². The summed E-state index contributed by atoms with van der Waals surface area (Å²) < 4.78 is 1.78. The monoisotopic (exact) mass is 439 g/mol. The van der Waals surface area contributed by atoms with Crippen LogP contribution in [-0.4, -0.2) is 56.2 Å². The zero-order chi connectivity index (χ0) is 21.7. The number of likely N-dealkylation sites (tertiary alicyclic amines) is 1. The highest BCUT2D eigenvalue weighted by Crippen LogP contribution is 2.35. The lowest BCUT2D eigenvalue weighted by Gasteiger charge is -2.18. The van der Waals surface area contributed by atoms with Crippen LogP contribution >= 0.6 is 11.3 Å². The van der Waals surface area contributed by atoms with Gasteiger partial charge in [-0.25, -0.2) is 9.97 Å². The summed E-state index contributed by atoms with van der Waals surface area (Å²) >= 11 is 1.71. The summed E-state index contributed by atoms with van der Waals surface area (Å²) in [5.74, 6) is 2.54. The molecule has 2 fully saturated rings. The zero-order valence-corrected chi connectivity index (χ0v) is 19.4. The molecule has 9 heteroatoms. The number of nitrogens with zero attached hydrogens (tertiary/aromatic N) is 6. The molecule has 5 rings (SSSR count). The van der Waals surface area contributed by atoms with Crippen molar-refractivity contribution < 1.29 is 4.79 Å². The molecule has 0 aromatic carbocycles. The van der Waals surface area contributed by atoms with E-state index < -0.39 is 0 Å². The summed E-state index contributed by atoms with van der Waals surface area (Å²) in [4.78, 5) is 29.5. The number of fused-ring (bicyclic) bond motifs is 1. The van der Waals surface area contributed by atoms with E-state index in [2.05, 4.69) is 29.2 Å². The van der Waals surface area contributed by atoms with Crippen molar-refractivity contribution in [3.8, 4) is 0 Å². The maximum atomic E-state index is 13.2. The first-order valence-electron chi connectivity index (χ1n) is 11.0. The molecule has 164 valence electrons. The van der Waals surface area contributed by atoms with E-state index in [0.717, 1.165) is 59.4 Å². The summed E-state index contributed by atoms with van der Waals surface area (Å²) in [6.45, 7) is 9.83. The Morgan fingerprint density at radius 3 is 2.65 bits per heavy atom. The highest BCUT2D eigenvalue weighted by molar-refractivity contribution is 7.18. The molecule has 1 unspecified atom stereocenters. The summed E-state index contributed by atoms with van der Waals surface area (Å²) in [5, 5.41) is 8.94. The van der Waals surface area contributed by atoms with Gasteiger partial charge < -0.3 is 5.32 Å². The quantitative estimate of drug-likeness (QED) is 0.658. The molecule has 2 aliphatic rings. The predicted octanol–water partition coefficient (Wildman–Crippen LogP) is 3.16. The first-order valence-corrected chi connectivity index (χ1v) is 11.8. The Bertz CT molecular complexity index is 1140. The average Bonchev–Trinajstić information content (AvgIpc) is 3.47. The number of carbonyl (C=O) groups excluding carboxylic acids is 1. The molecule has 0 bridgehead atoms. The highest BCUT2D eigenvalue weighted by atomic mass is 32.1. The van der Waals surface area contributed by atoms with Gasteiger partial charge in [0.2, 0.25) is 0 Å². The molecule has 2 saturated heterocycles. The van der Waals surface area contributed by atoms with E-state index in [4.69, 9.17) is 9.97 Å². The molecule has 0 spiro atoms. The van der Waals surface area contributed by atoms with Crippen LogP contribution in [-0.2, 0) is 18.4 Å². The third-order valence-corrected chi connectivity index (χ3v) is 7.51. The van der Waals surface area contributed by atoms with Gasteiger partial charge in [-0.15, -0.1) is 11.3 Å². The van der Waals surface area contributed by atoms with Crippen LogP contribution in [0.4, 0.5) is 11.6 Å². The first kappa shape index (κ1) is 20.4. The fourth-order valence-electron chi connectivity index (χ4n) is 4.67. The van der Waals surface area contributed by atoms with Gasteiger partial charge in [-0.05, 0) is 58.7 Å². The lowest BCUT2D eigenvalue weighted by molar-refractivity contribution is -0.117. The van der Waals surface area contributed by atoms with Crippen molar-refractivity contribution >= 4 is 39.1 Å². The van der Waals surface area contributed by atoms with Crippen LogP contribution in [0.25, 0.3) is 10.2 Å². The fraction of sp³-hybridized carbons (Fsp3) is 0.545. The van der Waals surface area contributed by atoms with Gasteiger partial charge in [-0.3, -0.25) is 19.3 Å². The minimum atomic E-state index is -0.299. The largest absolute Gasteiger partial charge is 0.358 e. The maximum absolute atomic E-state index is 13.2. The number of hydrogen-bond acceptors (Lipinski definition) is 7. The molecule has 3 aromatic rings. The van der Waals surface area contributed by atoms with Crippen molar-refractivity contribution in [2.45, 2.75) is 52.6 Å². The Balaban J connectivity index is 1.45. The summed E-state index contributed by atoms with van der Waals surface area (Å²) in [6.07, 6.45) is 3.22. The van der Waals surface area contributed by atoms with Gasteiger partial charge in [0.05, 0.1) is 17.6 Å². The smallest absolute Gasteiger partial charge is 0.250 e. The number of rotatable bonds is 5. The maximum Gasteiger partial charge on any atom is 0.250 e. The fourth-order valence-corrected chi connectivity index (χ4v) is 5.71. The van der Waals surface area contributed by atoms with Crippen molar-refractivity contribution in [3.05, 3.63) is 28.0 Å². The minimum absolute atomic E-state index is 0.0699. The SMILES string of the molecule is Cc1cc(N2CCC(Nc3nc(CN4CCCC4)nc4sc(C)c(C)c34)C2=O)n(C)n1. The van der Waals surface area contributed by atoms with E-state index in [0.29, 0.717) is 6.54 Å². The standard InChI is InChI=1S/C22H29N7OS/c1-13-11-18(27(4)26-13)29-10-7-16(22(29)30)23-20-19-14(2)15(3)31-21(19)25-17(24-20)12-28-8-5-6-9-28/h11,16H,5-10,12H2,1-4H3,(H,23,24,25). The van der Waals surface area contributed by atoms with E-state index in [1.165, 1.54) is 23.3 Å². The van der Waals surface area contributed by atoms with Crippen LogP contribution in [0.3, 0.4) is 0 Å². The lowest BCUT2D eigenvalue weighted by atomic mass is 10.2. The average molecular weight is 440 g/mol. The van der Waals surface area contributed by atoms with Crippen LogP contribution < -0.4 is 10.2 Å². The number of hydrogen-bond donors (Lipinski definition) is 1. The molecular weight excluding hydrogens is 410 g/mol. The van der Waals surface area contributed by atoms with E-state index in [9.17, 15) is 4.79 Å². The molecule has 0 radical (unpaired) electrons. The van der Waals surface area contributed by atoms with E-state index in [1.54, 1.807) is 16.0 Å². The van der Waals surface area contributed by atoms with Gasteiger partial charge in [-0.1, -0.05) is 0 Å². The van der Waals surface area contributed by atoms with Crippen LogP contribution in [0.1, 0.15) is 41.2 Å². The van der Waals surface area contributed by atoms with E-state index in [1.807, 2.05) is 24.9 Å². The Morgan fingerprint density at radius 1 is 1.16 bits per heavy atom. The first-order chi connectivity index (χ1) is 14.9. The second-order valence-corrected chi connectivity index (χ2v) is 9.88. The second kappa shape index (κ2) is 7.87. The van der Waals surface area contributed by atoms with Crippen LogP contribution in [0.5, 0.6) is 0 Å². The number of anilines is 2. The van der Waals surface area contributed by atoms with Gasteiger partial charge in [0.15, 0.2) is 0 Å². The third-order valence-electron chi connectivity index (χ3n) is 6.41. The molecule has 31 heavy (non-hydrogen) atoms. The number of amides is 1. The summed E-state index contributed by atoms with van der Waals surface area (Å²) in [7, 11) is 1.88. The summed E-state index contributed by atoms with van der Waals surface area (Å²) in [5.41, 5.74) is 2.11. The highest BCUT2D eigenvalue weighted by Gasteiger charge is 2.35. The number of carbonyl (C=O) groups is 1. The van der Waals surface area contributed by atoms with Gasteiger partial charge in [0.1, 0.15) is 28.3 Å². The number of aryl methyl sites for hydroxylation is 4. The molecule has 1 atom stereocenters. The molecule has 3 aromatic heterocycles. The molecule has 0 saturated carbocycles. The molecule has 8 nitrogen and oxygen atoms in total. The number of aromatic nitrogens is 4. The molecule has 1 N–H and O–H groups in total. The van der Waals surface area contributed by atoms with E-state index >= 15 is 0 Å². The van der Waals surface area contributed by atoms with Crippen LogP contribution in [0.2, 0.25) is 0 Å². The van der Waals surface area contributed by atoms with Crippen molar-refractivity contribution in [1.82, 2.24) is 24.6 Å². The number of thiophene rings is 1. The third kappa shape index (κ3) is 3.70. The molecule has 1 amide bonds. The van der Waals surface area contributed by atoms with Crippen molar-refractivity contribution in [2.24, 2.45) is 7.05 Å². The van der Waals surface area contributed by atoms with Gasteiger partial charge >= 0.3 is 0 Å². The van der Waals surface area contributed by atoms with Crippen LogP contribution in [0, 0.1) is 20.8 Å².